The van der Waals surface area contributed by atoms with Gasteiger partial charge in [-0.15, -0.1) is 0 Å². The van der Waals surface area contributed by atoms with Crippen molar-refractivity contribution in [2.45, 2.75) is 6.54 Å². The van der Waals surface area contributed by atoms with Crippen LogP contribution in [-0.4, -0.2) is 4.98 Å². The molecule has 0 atom stereocenters. The van der Waals surface area contributed by atoms with Crippen molar-refractivity contribution in [1.82, 2.24) is 4.98 Å². The molecule has 1 N–H and O–H groups in total. The Kier molecular flexibility index (Phi) is 4.03. The molecule has 0 aliphatic carbocycles. The molecule has 1 heterocycles. The van der Waals surface area contributed by atoms with E-state index in [0.29, 0.717) is 22.3 Å². The molecule has 18 heavy (non-hydrogen) atoms. The van der Waals surface area contributed by atoms with Crippen LogP contribution >= 0.6 is 23.2 Å². The maximum absolute atomic E-state index is 8.64. The Morgan fingerprint density at radius 1 is 1.22 bits per heavy atom. The number of nitriles is 1. The number of halogens is 2. The lowest BCUT2D eigenvalue weighted by Crippen LogP contribution is -2.00. The summed E-state index contributed by atoms with van der Waals surface area (Å²) in [7, 11) is 0. The summed E-state index contributed by atoms with van der Waals surface area (Å²) in [6, 6.07) is 10.8. The zero-order valence-electron chi connectivity index (χ0n) is 9.32. The minimum absolute atomic E-state index is 0.394. The van der Waals surface area contributed by atoms with Crippen LogP contribution < -0.4 is 5.32 Å². The van der Waals surface area contributed by atoms with Crippen molar-refractivity contribution < 1.29 is 0 Å². The first-order valence-corrected chi connectivity index (χ1v) is 5.98. The van der Waals surface area contributed by atoms with Gasteiger partial charge in [-0.3, -0.25) is 0 Å². The van der Waals surface area contributed by atoms with Crippen molar-refractivity contribution in [3.05, 3.63) is 57.8 Å². The normalized spacial score (nSPS) is 9.83. The van der Waals surface area contributed by atoms with Gasteiger partial charge in [-0.2, -0.15) is 5.26 Å². The van der Waals surface area contributed by atoms with Crippen LogP contribution in [0.25, 0.3) is 0 Å². The summed E-state index contributed by atoms with van der Waals surface area (Å²) < 4.78 is 0. The molecule has 5 heteroatoms. The third-order valence-electron chi connectivity index (χ3n) is 2.38. The highest BCUT2D eigenvalue weighted by Crippen LogP contribution is 2.21. The number of aromatic nitrogens is 1. The first kappa shape index (κ1) is 12.7. The largest absolute Gasteiger partial charge is 0.380 e. The van der Waals surface area contributed by atoms with Gasteiger partial charge < -0.3 is 5.32 Å². The number of pyridine rings is 1. The Morgan fingerprint density at radius 3 is 2.67 bits per heavy atom. The van der Waals surface area contributed by atoms with E-state index in [9.17, 15) is 0 Å². The Morgan fingerprint density at radius 2 is 2.06 bits per heavy atom. The van der Waals surface area contributed by atoms with Crippen LogP contribution in [0.3, 0.4) is 0 Å². The van der Waals surface area contributed by atoms with E-state index in [1.165, 1.54) is 0 Å². The fraction of sp³-hybridized carbons (Fsp3) is 0.0769. The lowest BCUT2D eigenvalue weighted by Gasteiger charge is -2.08. The highest BCUT2D eigenvalue weighted by molar-refractivity contribution is 6.35. The van der Waals surface area contributed by atoms with Gasteiger partial charge in [0.15, 0.2) is 0 Å². The predicted molar refractivity (Wildman–Crippen MR) is 72.7 cm³/mol. The number of anilines is 1. The van der Waals surface area contributed by atoms with Crippen molar-refractivity contribution in [3.63, 3.8) is 0 Å². The van der Waals surface area contributed by atoms with Crippen LogP contribution in [0.5, 0.6) is 0 Å². The highest BCUT2D eigenvalue weighted by Gasteiger charge is 2.01. The summed E-state index contributed by atoms with van der Waals surface area (Å²) in [5.41, 5.74) is 2.18. The Bertz CT molecular complexity index is 588. The van der Waals surface area contributed by atoms with Crippen LogP contribution in [0.1, 0.15) is 11.3 Å². The van der Waals surface area contributed by atoms with Gasteiger partial charge in [0.1, 0.15) is 11.8 Å². The molecule has 1 aromatic heterocycles. The lowest BCUT2D eigenvalue weighted by molar-refractivity contribution is 1.13. The number of rotatable bonds is 3. The predicted octanol–water partition coefficient (Wildman–Crippen LogP) is 3.87. The van der Waals surface area contributed by atoms with Crippen LogP contribution in [0, 0.1) is 11.3 Å². The fourth-order valence-corrected chi connectivity index (χ4v) is 1.90. The van der Waals surface area contributed by atoms with Crippen LogP contribution in [0.15, 0.2) is 36.5 Å². The summed E-state index contributed by atoms with van der Waals surface area (Å²) in [4.78, 5) is 3.97. The second kappa shape index (κ2) is 5.72. The lowest BCUT2D eigenvalue weighted by atomic mass is 10.2. The van der Waals surface area contributed by atoms with E-state index in [1.807, 2.05) is 12.1 Å². The molecule has 0 saturated heterocycles. The molecule has 0 fully saturated rings. The zero-order chi connectivity index (χ0) is 13.0. The summed E-state index contributed by atoms with van der Waals surface area (Å²) in [5.74, 6) is 0. The molecule has 0 saturated carbocycles. The van der Waals surface area contributed by atoms with Crippen molar-refractivity contribution in [1.29, 1.82) is 5.26 Å². The third kappa shape index (κ3) is 3.13. The average Bonchev–Trinajstić information content (AvgIpc) is 2.38. The summed E-state index contributed by atoms with van der Waals surface area (Å²) in [6.45, 7) is 0.573. The number of hydrogen-bond donors (Lipinski definition) is 1. The average molecular weight is 278 g/mol. The number of nitrogens with one attached hydrogen (secondary N) is 1. The van der Waals surface area contributed by atoms with Crippen molar-refractivity contribution in [3.8, 4) is 6.07 Å². The van der Waals surface area contributed by atoms with E-state index in [2.05, 4.69) is 10.3 Å². The molecule has 3 nitrogen and oxygen atoms in total. The van der Waals surface area contributed by atoms with Crippen molar-refractivity contribution in [2.75, 3.05) is 5.32 Å². The third-order valence-corrected chi connectivity index (χ3v) is 2.96. The molecular weight excluding hydrogens is 269 g/mol. The number of hydrogen-bond acceptors (Lipinski definition) is 3. The number of benzene rings is 1. The fourth-order valence-electron chi connectivity index (χ4n) is 1.43. The molecule has 0 spiro atoms. The highest BCUT2D eigenvalue weighted by atomic mass is 35.5. The van der Waals surface area contributed by atoms with Gasteiger partial charge in [-0.05, 0) is 29.8 Å². The molecule has 0 bridgehead atoms. The molecule has 1 aromatic carbocycles. The van der Waals surface area contributed by atoms with Crippen molar-refractivity contribution in [2.24, 2.45) is 0 Å². The first-order chi connectivity index (χ1) is 8.69. The monoisotopic (exact) mass is 277 g/mol. The SMILES string of the molecule is N#Cc1ccc(NCc2ccc(Cl)cc2Cl)cn1. The van der Waals surface area contributed by atoms with Gasteiger partial charge in [-0.1, -0.05) is 29.3 Å². The Hall–Kier alpha value is -1.76. The van der Waals surface area contributed by atoms with E-state index >= 15 is 0 Å². The van der Waals surface area contributed by atoms with Crippen LogP contribution in [0.4, 0.5) is 5.69 Å². The summed E-state index contributed by atoms with van der Waals surface area (Å²) >= 11 is 11.9. The summed E-state index contributed by atoms with van der Waals surface area (Å²) in [6.07, 6.45) is 1.61. The minimum atomic E-state index is 0.394. The standard InChI is InChI=1S/C13H9Cl2N3/c14-10-2-1-9(13(15)5-10)7-17-12-4-3-11(6-16)18-8-12/h1-5,8,17H,7H2. The maximum atomic E-state index is 8.64. The van der Waals surface area contributed by atoms with Gasteiger partial charge in [-0.25, -0.2) is 4.98 Å². The zero-order valence-corrected chi connectivity index (χ0v) is 10.8. The van der Waals surface area contributed by atoms with E-state index < -0.39 is 0 Å². The van der Waals surface area contributed by atoms with E-state index in [4.69, 9.17) is 28.5 Å². The quantitative estimate of drug-likeness (QED) is 0.927. The summed E-state index contributed by atoms with van der Waals surface area (Å²) in [5, 5.41) is 13.0. The van der Waals surface area contributed by atoms with E-state index in [0.717, 1.165) is 11.3 Å². The molecule has 2 rings (SSSR count). The topological polar surface area (TPSA) is 48.7 Å². The Balaban J connectivity index is 2.04. The van der Waals surface area contributed by atoms with Crippen molar-refractivity contribution >= 4 is 28.9 Å². The molecule has 0 unspecified atom stereocenters. The molecule has 90 valence electrons. The van der Waals surface area contributed by atoms with E-state index in [1.54, 1.807) is 30.5 Å². The van der Waals surface area contributed by atoms with Gasteiger partial charge in [0.05, 0.1) is 11.9 Å². The second-order valence-corrected chi connectivity index (χ2v) is 4.48. The van der Waals surface area contributed by atoms with Gasteiger partial charge >= 0.3 is 0 Å². The molecule has 0 radical (unpaired) electrons. The molecule has 0 amide bonds. The van der Waals surface area contributed by atoms with Gasteiger partial charge in [0.25, 0.3) is 0 Å². The van der Waals surface area contributed by atoms with Crippen LogP contribution in [-0.2, 0) is 6.54 Å². The second-order valence-electron chi connectivity index (χ2n) is 3.63. The molecule has 0 aliphatic rings. The maximum Gasteiger partial charge on any atom is 0.140 e. The van der Waals surface area contributed by atoms with Gasteiger partial charge in [0.2, 0.25) is 0 Å². The smallest absolute Gasteiger partial charge is 0.140 e. The molecular formula is C13H9Cl2N3. The Labute approximate surface area is 115 Å². The molecule has 0 aliphatic heterocycles. The minimum Gasteiger partial charge on any atom is -0.380 e. The first-order valence-electron chi connectivity index (χ1n) is 5.23. The van der Waals surface area contributed by atoms with Crippen LogP contribution in [0.2, 0.25) is 10.0 Å². The molecule has 2 aromatic rings. The van der Waals surface area contributed by atoms with Gasteiger partial charge in [0, 0.05) is 16.6 Å². The van der Waals surface area contributed by atoms with E-state index in [-0.39, 0.29) is 0 Å². The number of nitrogens with zero attached hydrogens (tertiary/aromatic N) is 2.